The van der Waals surface area contributed by atoms with Crippen molar-refractivity contribution in [1.82, 2.24) is 10.2 Å². The molecule has 27 heavy (non-hydrogen) atoms. The highest BCUT2D eigenvalue weighted by Crippen LogP contribution is 2.30. The van der Waals surface area contributed by atoms with Crippen molar-refractivity contribution in [2.24, 2.45) is 0 Å². The summed E-state index contributed by atoms with van der Waals surface area (Å²) in [6.45, 7) is 2.85. The quantitative estimate of drug-likeness (QED) is 0.686. The van der Waals surface area contributed by atoms with Gasteiger partial charge in [-0.3, -0.25) is 4.79 Å². The monoisotopic (exact) mass is 392 g/mol. The van der Waals surface area contributed by atoms with E-state index < -0.39 is 0 Å². The third-order valence-corrected chi connectivity index (χ3v) is 6.25. The lowest BCUT2D eigenvalue weighted by atomic mass is 10.0. The van der Waals surface area contributed by atoms with Gasteiger partial charge in [-0.1, -0.05) is 12.8 Å². The fraction of sp³-hybridized carbons (Fsp3) is 0.667. The van der Waals surface area contributed by atoms with E-state index in [1.807, 2.05) is 18.4 Å². The molecule has 0 atom stereocenters. The number of thioether (sulfide) groups is 1. The second-order valence-corrected chi connectivity index (χ2v) is 8.39. The van der Waals surface area contributed by atoms with Crippen LogP contribution in [0.2, 0.25) is 0 Å². The van der Waals surface area contributed by atoms with Gasteiger partial charge in [0.15, 0.2) is 0 Å². The number of nitrogens with zero attached hydrogens (tertiary/aromatic N) is 1. The van der Waals surface area contributed by atoms with Crippen LogP contribution in [0.5, 0.6) is 11.5 Å². The molecule has 1 aromatic rings. The molecule has 1 saturated carbocycles. The summed E-state index contributed by atoms with van der Waals surface area (Å²) in [5.41, 5.74) is 0.564. The number of nitrogens with one attached hydrogen (secondary N) is 1. The molecule has 0 spiro atoms. The van der Waals surface area contributed by atoms with Gasteiger partial charge in [0.25, 0.3) is 5.91 Å². The van der Waals surface area contributed by atoms with Crippen LogP contribution in [0.3, 0.4) is 0 Å². The Hall–Kier alpha value is -1.40. The van der Waals surface area contributed by atoms with Gasteiger partial charge >= 0.3 is 0 Å². The number of rotatable bonds is 8. The van der Waals surface area contributed by atoms with Crippen LogP contribution in [0.25, 0.3) is 0 Å². The van der Waals surface area contributed by atoms with Crippen molar-refractivity contribution in [2.75, 3.05) is 38.8 Å². The first-order valence-electron chi connectivity index (χ1n) is 10.1. The molecule has 1 heterocycles. The van der Waals surface area contributed by atoms with Gasteiger partial charge in [-0.05, 0) is 50.1 Å². The predicted octanol–water partition coefficient (Wildman–Crippen LogP) is 3.57. The van der Waals surface area contributed by atoms with Crippen LogP contribution in [-0.2, 0) is 0 Å². The molecule has 1 amide bonds. The maximum atomic E-state index is 12.6. The Morgan fingerprint density at radius 3 is 2.63 bits per heavy atom. The van der Waals surface area contributed by atoms with Crippen LogP contribution in [0.1, 0.15) is 48.9 Å². The molecule has 2 fully saturated rings. The molecule has 1 aromatic carbocycles. The number of ether oxygens (including phenoxy) is 2. The van der Waals surface area contributed by atoms with Crippen molar-refractivity contribution < 1.29 is 14.3 Å². The Morgan fingerprint density at radius 2 is 1.96 bits per heavy atom. The van der Waals surface area contributed by atoms with E-state index in [2.05, 4.69) is 10.2 Å². The molecule has 1 aliphatic heterocycles. The first-order chi connectivity index (χ1) is 13.2. The summed E-state index contributed by atoms with van der Waals surface area (Å²) in [7, 11) is 1.62. The standard InChI is InChI=1S/C21H32N2O3S/c1-25-18-7-8-20(19(15-18)21(24)22-11-14-27-2)26-17-9-12-23(13-10-17)16-5-3-4-6-16/h7-8,15-17H,3-6,9-14H2,1-2H3,(H,22,24). The maximum absolute atomic E-state index is 12.6. The van der Waals surface area contributed by atoms with E-state index in [1.54, 1.807) is 24.9 Å². The number of methoxy groups -OCH3 is 1. The second-order valence-electron chi connectivity index (χ2n) is 7.40. The number of hydrogen-bond donors (Lipinski definition) is 1. The average molecular weight is 393 g/mol. The summed E-state index contributed by atoms with van der Waals surface area (Å²) in [5, 5.41) is 2.97. The number of amides is 1. The van der Waals surface area contributed by atoms with E-state index >= 15 is 0 Å². The van der Waals surface area contributed by atoms with Gasteiger partial charge < -0.3 is 19.7 Å². The van der Waals surface area contributed by atoms with Gasteiger partial charge in [-0.2, -0.15) is 11.8 Å². The molecule has 1 aliphatic carbocycles. The third-order valence-electron chi connectivity index (χ3n) is 5.63. The number of carbonyl (C=O) groups excluding carboxylic acids is 1. The number of benzene rings is 1. The average Bonchev–Trinajstić information content (AvgIpc) is 3.24. The Labute approximate surface area is 167 Å². The fourth-order valence-corrected chi connectivity index (χ4v) is 4.39. The molecule has 6 heteroatoms. The van der Waals surface area contributed by atoms with Crippen LogP contribution in [0.4, 0.5) is 0 Å². The predicted molar refractivity (Wildman–Crippen MR) is 111 cm³/mol. The van der Waals surface area contributed by atoms with Gasteiger partial charge in [0.05, 0.1) is 12.7 Å². The smallest absolute Gasteiger partial charge is 0.255 e. The van der Waals surface area contributed by atoms with Gasteiger partial charge in [0.2, 0.25) is 0 Å². The van der Waals surface area contributed by atoms with Crippen molar-refractivity contribution in [2.45, 2.75) is 50.7 Å². The van der Waals surface area contributed by atoms with Crippen LogP contribution in [0, 0.1) is 0 Å². The summed E-state index contributed by atoms with van der Waals surface area (Å²) >= 11 is 1.71. The van der Waals surface area contributed by atoms with Crippen molar-refractivity contribution in [3.8, 4) is 11.5 Å². The second kappa shape index (κ2) is 10.2. The minimum atomic E-state index is -0.0960. The van der Waals surface area contributed by atoms with Crippen molar-refractivity contribution >= 4 is 17.7 Å². The molecule has 150 valence electrons. The lowest BCUT2D eigenvalue weighted by Gasteiger charge is -2.36. The number of hydrogen-bond acceptors (Lipinski definition) is 5. The molecule has 0 unspecified atom stereocenters. The SMILES string of the molecule is COc1ccc(OC2CCN(C3CCCC3)CC2)c(C(=O)NCCSC)c1. The van der Waals surface area contributed by atoms with Crippen molar-refractivity contribution in [3.05, 3.63) is 23.8 Å². The zero-order valence-electron chi connectivity index (χ0n) is 16.5. The molecule has 2 aliphatic rings. The Morgan fingerprint density at radius 1 is 1.22 bits per heavy atom. The lowest BCUT2D eigenvalue weighted by molar-refractivity contribution is 0.0750. The van der Waals surface area contributed by atoms with Crippen LogP contribution in [-0.4, -0.2) is 61.7 Å². The summed E-state index contributed by atoms with van der Waals surface area (Å²) < 4.78 is 11.6. The highest BCUT2D eigenvalue weighted by atomic mass is 32.2. The molecular formula is C21H32N2O3S. The van der Waals surface area contributed by atoms with Gasteiger partial charge in [-0.25, -0.2) is 0 Å². The molecule has 0 radical (unpaired) electrons. The fourth-order valence-electron chi connectivity index (χ4n) is 4.09. The van der Waals surface area contributed by atoms with E-state index in [4.69, 9.17) is 9.47 Å². The molecular weight excluding hydrogens is 360 g/mol. The first kappa shape index (κ1) is 20.3. The lowest BCUT2D eigenvalue weighted by Crippen LogP contribution is -2.43. The largest absolute Gasteiger partial charge is 0.497 e. The minimum absolute atomic E-state index is 0.0960. The molecule has 3 rings (SSSR count). The summed E-state index contributed by atoms with van der Waals surface area (Å²) in [4.78, 5) is 15.2. The molecule has 0 aromatic heterocycles. The zero-order chi connectivity index (χ0) is 19.1. The first-order valence-corrected chi connectivity index (χ1v) is 11.5. The molecule has 1 N–H and O–H groups in total. The molecule has 0 bridgehead atoms. The third kappa shape index (κ3) is 5.55. The maximum Gasteiger partial charge on any atom is 0.255 e. The van der Waals surface area contributed by atoms with Crippen LogP contribution >= 0.6 is 11.8 Å². The number of carbonyl (C=O) groups is 1. The van der Waals surface area contributed by atoms with E-state index in [1.165, 1.54) is 25.7 Å². The Balaban J connectivity index is 1.61. The summed E-state index contributed by atoms with van der Waals surface area (Å²) in [6.07, 6.45) is 9.71. The topological polar surface area (TPSA) is 50.8 Å². The van der Waals surface area contributed by atoms with E-state index in [9.17, 15) is 4.79 Å². The zero-order valence-corrected chi connectivity index (χ0v) is 17.4. The number of likely N-dealkylation sites (tertiary alicyclic amines) is 1. The summed E-state index contributed by atoms with van der Waals surface area (Å²) in [6, 6.07) is 6.29. The van der Waals surface area contributed by atoms with Gasteiger partial charge in [0, 0.05) is 31.4 Å². The van der Waals surface area contributed by atoms with Gasteiger partial charge in [-0.15, -0.1) is 0 Å². The normalized spacial score (nSPS) is 19.2. The van der Waals surface area contributed by atoms with E-state index in [-0.39, 0.29) is 12.0 Å². The molecule has 1 saturated heterocycles. The Bertz CT molecular complexity index is 611. The minimum Gasteiger partial charge on any atom is -0.497 e. The van der Waals surface area contributed by atoms with Crippen molar-refractivity contribution in [3.63, 3.8) is 0 Å². The van der Waals surface area contributed by atoms with Crippen LogP contribution in [0.15, 0.2) is 18.2 Å². The van der Waals surface area contributed by atoms with E-state index in [0.717, 1.165) is 37.7 Å². The molecule has 5 nitrogen and oxygen atoms in total. The summed E-state index contributed by atoms with van der Waals surface area (Å²) in [5.74, 6) is 2.14. The highest BCUT2D eigenvalue weighted by molar-refractivity contribution is 7.98. The van der Waals surface area contributed by atoms with Crippen molar-refractivity contribution in [1.29, 1.82) is 0 Å². The Kier molecular flexibility index (Phi) is 7.70. The highest BCUT2D eigenvalue weighted by Gasteiger charge is 2.28. The number of piperidine rings is 1. The van der Waals surface area contributed by atoms with Gasteiger partial charge in [0.1, 0.15) is 17.6 Å². The van der Waals surface area contributed by atoms with E-state index in [0.29, 0.717) is 23.6 Å². The van der Waals surface area contributed by atoms with Crippen LogP contribution < -0.4 is 14.8 Å².